The van der Waals surface area contributed by atoms with Gasteiger partial charge in [0.25, 0.3) is 0 Å². The van der Waals surface area contributed by atoms with Crippen LogP contribution in [0.5, 0.6) is 11.5 Å². The number of ether oxygens (including phenoxy) is 2. The largest absolute Gasteiger partial charge is 0.497 e. The predicted molar refractivity (Wildman–Crippen MR) is 92.1 cm³/mol. The van der Waals surface area contributed by atoms with E-state index in [0.717, 1.165) is 24.3 Å². The average Bonchev–Trinajstić information content (AvgIpc) is 2.60. The van der Waals surface area contributed by atoms with Crippen molar-refractivity contribution in [2.75, 3.05) is 14.2 Å². The highest BCUT2D eigenvalue weighted by atomic mass is 16.5. The Morgan fingerprint density at radius 2 is 0.955 bits per heavy atom. The summed E-state index contributed by atoms with van der Waals surface area (Å²) in [5, 5.41) is 0. The lowest BCUT2D eigenvalue weighted by atomic mass is 9.78. The van der Waals surface area contributed by atoms with Crippen LogP contribution in [0.3, 0.4) is 0 Å². The Morgan fingerprint density at radius 3 is 1.18 bits per heavy atom. The molecule has 0 bridgehead atoms. The summed E-state index contributed by atoms with van der Waals surface area (Å²) in [6.45, 7) is 4.53. The minimum Gasteiger partial charge on any atom is -0.497 e. The number of hydrogen-bond donors (Lipinski definition) is 0. The third-order valence-corrected chi connectivity index (χ3v) is 4.45. The molecule has 2 aromatic rings. The molecular formula is C20H26O2. The van der Waals surface area contributed by atoms with E-state index in [-0.39, 0.29) is 0 Å². The van der Waals surface area contributed by atoms with Gasteiger partial charge in [-0.3, -0.25) is 0 Å². The molecule has 0 saturated carbocycles. The fraction of sp³-hybridized carbons (Fsp3) is 0.400. The van der Waals surface area contributed by atoms with Crippen LogP contribution in [0.1, 0.15) is 49.7 Å². The van der Waals surface area contributed by atoms with E-state index in [1.807, 2.05) is 0 Å². The third-order valence-electron chi connectivity index (χ3n) is 4.45. The van der Waals surface area contributed by atoms with Crippen LogP contribution in [0.2, 0.25) is 0 Å². The molecule has 0 unspecified atom stereocenters. The third kappa shape index (κ3) is 3.62. The second-order valence-corrected chi connectivity index (χ2v) is 5.58. The smallest absolute Gasteiger partial charge is 0.118 e. The molecule has 2 atom stereocenters. The lowest BCUT2D eigenvalue weighted by molar-refractivity contribution is 0.413. The molecule has 22 heavy (non-hydrogen) atoms. The molecule has 0 heterocycles. The highest BCUT2D eigenvalue weighted by Crippen LogP contribution is 2.38. The van der Waals surface area contributed by atoms with Gasteiger partial charge < -0.3 is 9.47 Å². The van der Waals surface area contributed by atoms with Gasteiger partial charge in [-0.15, -0.1) is 0 Å². The van der Waals surface area contributed by atoms with Crippen molar-refractivity contribution < 1.29 is 9.47 Å². The Morgan fingerprint density at radius 1 is 0.636 bits per heavy atom. The predicted octanol–water partition coefficient (Wildman–Crippen LogP) is 5.39. The number of rotatable bonds is 7. The van der Waals surface area contributed by atoms with Gasteiger partial charge in [0.15, 0.2) is 0 Å². The summed E-state index contributed by atoms with van der Waals surface area (Å²) in [7, 11) is 3.41. The molecule has 0 amide bonds. The maximum Gasteiger partial charge on any atom is 0.118 e. The van der Waals surface area contributed by atoms with E-state index in [4.69, 9.17) is 9.47 Å². The van der Waals surface area contributed by atoms with Crippen LogP contribution in [-0.2, 0) is 0 Å². The first-order chi connectivity index (χ1) is 10.7. The average molecular weight is 298 g/mol. The first-order valence-corrected chi connectivity index (χ1v) is 8.01. The van der Waals surface area contributed by atoms with E-state index in [1.54, 1.807) is 14.2 Å². The molecular weight excluding hydrogens is 272 g/mol. The zero-order valence-electron chi connectivity index (χ0n) is 14.0. The fourth-order valence-electron chi connectivity index (χ4n) is 3.21. The minimum absolute atomic E-state index is 0.518. The van der Waals surface area contributed by atoms with Crippen LogP contribution in [0.25, 0.3) is 0 Å². The van der Waals surface area contributed by atoms with Crippen LogP contribution in [0.15, 0.2) is 48.5 Å². The molecule has 0 N–H and O–H groups in total. The molecule has 2 heteroatoms. The maximum atomic E-state index is 5.27. The first kappa shape index (κ1) is 16.4. The molecule has 118 valence electrons. The first-order valence-electron chi connectivity index (χ1n) is 8.01. The van der Waals surface area contributed by atoms with Crippen molar-refractivity contribution >= 4 is 0 Å². The van der Waals surface area contributed by atoms with Crippen LogP contribution in [0.4, 0.5) is 0 Å². The summed E-state index contributed by atoms with van der Waals surface area (Å²) < 4.78 is 10.5. The van der Waals surface area contributed by atoms with Crippen molar-refractivity contribution in [1.82, 2.24) is 0 Å². The summed E-state index contributed by atoms with van der Waals surface area (Å²) in [6.07, 6.45) is 2.24. The summed E-state index contributed by atoms with van der Waals surface area (Å²) in [6, 6.07) is 17.0. The standard InChI is InChI=1S/C20H26O2/c1-5-19(15-7-11-17(21-3)12-8-15)20(6-2)16-9-13-18(22-4)14-10-16/h7-14,19-20H,5-6H2,1-4H3/t19-,20+. The Balaban J connectivity index is 2.28. The summed E-state index contributed by atoms with van der Waals surface area (Å²) in [4.78, 5) is 0. The van der Waals surface area contributed by atoms with Gasteiger partial charge in [-0.25, -0.2) is 0 Å². The van der Waals surface area contributed by atoms with Gasteiger partial charge in [0.05, 0.1) is 14.2 Å². The topological polar surface area (TPSA) is 18.5 Å². The Labute approximate surface area is 134 Å². The lowest BCUT2D eigenvalue weighted by Crippen LogP contribution is -2.10. The van der Waals surface area contributed by atoms with E-state index >= 15 is 0 Å². The SMILES string of the molecule is CC[C@H](c1ccc(OC)cc1)[C@@H](CC)c1ccc(OC)cc1. The van der Waals surface area contributed by atoms with Gasteiger partial charge in [0.2, 0.25) is 0 Å². The second-order valence-electron chi connectivity index (χ2n) is 5.58. The molecule has 2 nitrogen and oxygen atoms in total. The quantitative estimate of drug-likeness (QED) is 0.682. The van der Waals surface area contributed by atoms with Crippen LogP contribution in [0, 0.1) is 0 Å². The maximum absolute atomic E-state index is 5.27. The van der Waals surface area contributed by atoms with E-state index in [9.17, 15) is 0 Å². The van der Waals surface area contributed by atoms with Gasteiger partial charge in [-0.1, -0.05) is 38.1 Å². The zero-order chi connectivity index (χ0) is 15.9. The monoisotopic (exact) mass is 298 g/mol. The van der Waals surface area contributed by atoms with Gasteiger partial charge >= 0.3 is 0 Å². The van der Waals surface area contributed by atoms with Crippen molar-refractivity contribution in [1.29, 1.82) is 0 Å². The fourth-order valence-corrected chi connectivity index (χ4v) is 3.21. The normalized spacial score (nSPS) is 13.5. The number of methoxy groups -OCH3 is 2. The van der Waals surface area contributed by atoms with E-state index in [1.165, 1.54) is 11.1 Å². The van der Waals surface area contributed by atoms with Crippen LogP contribution < -0.4 is 9.47 Å². The van der Waals surface area contributed by atoms with Crippen LogP contribution in [-0.4, -0.2) is 14.2 Å². The van der Waals surface area contributed by atoms with Crippen molar-refractivity contribution in [2.24, 2.45) is 0 Å². The molecule has 0 spiro atoms. The minimum atomic E-state index is 0.518. The second kappa shape index (κ2) is 7.88. The molecule has 0 radical (unpaired) electrons. The molecule has 0 aliphatic rings. The Hall–Kier alpha value is -1.96. The molecule has 2 aromatic carbocycles. The molecule has 0 aliphatic heterocycles. The Kier molecular flexibility index (Phi) is 5.88. The van der Waals surface area contributed by atoms with Gasteiger partial charge in [-0.05, 0) is 60.1 Å². The lowest BCUT2D eigenvalue weighted by Gasteiger charge is -2.26. The summed E-state index contributed by atoms with van der Waals surface area (Å²) in [5.74, 6) is 2.86. The van der Waals surface area contributed by atoms with Gasteiger partial charge in [-0.2, -0.15) is 0 Å². The van der Waals surface area contributed by atoms with E-state index < -0.39 is 0 Å². The van der Waals surface area contributed by atoms with Gasteiger partial charge in [0.1, 0.15) is 11.5 Å². The molecule has 0 saturated heterocycles. The summed E-state index contributed by atoms with van der Waals surface area (Å²) in [5.41, 5.74) is 2.76. The van der Waals surface area contributed by atoms with E-state index in [0.29, 0.717) is 11.8 Å². The van der Waals surface area contributed by atoms with Crippen molar-refractivity contribution in [2.45, 2.75) is 38.5 Å². The number of benzene rings is 2. The highest BCUT2D eigenvalue weighted by molar-refractivity contribution is 5.35. The van der Waals surface area contributed by atoms with Crippen molar-refractivity contribution in [3.8, 4) is 11.5 Å². The molecule has 2 rings (SSSR count). The molecule has 0 aliphatic carbocycles. The highest BCUT2D eigenvalue weighted by Gasteiger charge is 2.22. The van der Waals surface area contributed by atoms with Gasteiger partial charge in [0, 0.05) is 0 Å². The zero-order valence-corrected chi connectivity index (χ0v) is 14.0. The van der Waals surface area contributed by atoms with Crippen LogP contribution >= 0.6 is 0 Å². The van der Waals surface area contributed by atoms with Crippen molar-refractivity contribution in [3.05, 3.63) is 59.7 Å². The van der Waals surface area contributed by atoms with E-state index in [2.05, 4.69) is 62.4 Å². The Bertz CT molecular complexity index is 504. The summed E-state index contributed by atoms with van der Waals surface area (Å²) >= 11 is 0. The molecule has 0 aromatic heterocycles. The molecule has 0 fully saturated rings. The van der Waals surface area contributed by atoms with Crippen molar-refractivity contribution in [3.63, 3.8) is 0 Å². The number of hydrogen-bond acceptors (Lipinski definition) is 2.